The molecule has 2 N–H and O–H groups in total. The summed E-state index contributed by atoms with van der Waals surface area (Å²) in [6.07, 6.45) is 0. The van der Waals surface area contributed by atoms with E-state index in [1.54, 1.807) is 6.07 Å². The first-order chi connectivity index (χ1) is 8.08. The number of nitrogens with two attached hydrogens (primary N) is 1. The fourth-order valence-electron chi connectivity index (χ4n) is 1.55. The number of hydrogen-bond donors (Lipinski definition) is 1. The van der Waals surface area contributed by atoms with Gasteiger partial charge in [-0.05, 0) is 23.8 Å². The zero-order valence-electron chi connectivity index (χ0n) is 8.76. The van der Waals surface area contributed by atoms with E-state index in [0.717, 1.165) is 0 Å². The van der Waals surface area contributed by atoms with Crippen molar-refractivity contribution < 1.29 is 9.31 Å². The van der Waals surface area contributed by atoms with Gasteiger partial charge >= 0.3 is 0 Å². The molecule has 0 aliphatic rings. The first kappa shape index (κ1) is 11.1. The van der Waals surface area contributed by atoms with Crippen LogP contribution in [0.1, 0.15) is 0 Å². The Labute approximate surface area is 96.6 Å². The Morgan fingerprint density at radius 2 is 1.94 bits per heavy atom. The molecule has 0 heterocycles. The Morgan fingerprint density at radius 3 is 2.65 bits per heavy atom. The van der Waals surface area contributed by atoms with Gasteiger partial charge in [0, 0.05) is 23.4 Å². The number of halogens is 1. The topological polar surface area (TPSA) is 69.2 Å². The number of hydrogen-bond acceptors (Lipinski definition) is 3. The van der Waals surface area contributed by atoms with Crippen LogP contribution >= 0.6 is 0 Å². The normalized spacial score (nSPS) is 10.2. The zero-order valence-corrected chi connectivity index (χ0v) is 8.76. The van der Waals surface area contributed by atoms with Crippen LogP contribution in [0.2, 0.25) is 0 Å². The van der Waals surface area contributed by atoms with Gasteiger partial charge in [-0.25, -0.2) is 4.39 Å². The third-order valence-corrected chi connectivity index (χ3v) is 2.36. The van der Waals surface area contributed by atoms with E-state index in [1.807, 2.05) is 0 Å². The number of nitro groups is 1. The molecule has 0 bridgehead atoms. The molecular formula is C12H9FN2O2. The summed E-state index contributed by atoms with van der Waals surface area (Å²) in [5.41, 5.74) is 6.59. The highest BCUT2D eigenvalue weighted by Gasteiger charge is 2.10. The lowest BCUT2D eigenvalue weighted by molar-refractivity contribution is -0.384. The molecule has 4 nitrogen and oxygen atoms in total. The van der Waals surface area contributed by atoms with Gasteiger partial charge in [0.25, 0.3) is 5.69 Å². The molecule has 2 rings (SSSR count). The predicted octanol–water partition coefficient (Wildman–Crippen LogP) is 2.98. The van der Waals surface area contributed by atoms with Crippen LogP contribution in [0.5, 0.6) is 0 Å². The smallest absolute Gasteiger partial charge is 0.270 e. The van der Waals surface area contributed by atoms with E-state index in [4.69, 9.17) is 5.73 Å². The number of nitrogens with zero attached hydrogens (tertiary/aromatic N) is 1. The summed E-state index contributed by atoms with van der Waals surface area (Å²) < 4.78 is 13.6. The zero-order chi connectivity index (χ0) is 12.4. The Kier molecular flexibility index (Phi) is 2.74. The fourth-order valence-corrected chi connectivity index (χ4v) is 1.55. The maximum atomic E-state index is 13.6. The van der Waals surface area contributed by atoms with Crippen molar-refractivity contribution in [1.82, 2.24) is 0 Å². The van der Waals surface area contributed by atoms with E-state index in [9.17, 15) is 14.5 Å². The number of anilines is 1. The summed E-state index contributed by atoms with van der Waals surface area (Å²) >= 11 is 0. The quantitative estimate of drug-likeness (QED) is 0.491. The lowest BCUT2D eigenvalue weighted by Crippen LogP contribution is -1.91. The minimum atomic E-state index is -0.520. The summed E-state index contributed by atoms with van der Waals surface area (Å²) in [6.45, 7) is 0. The molecular weight excluding hydrogens is 223 g/mol. The van der Waals surface area contributed by atoms with Crippen LogP contribution in [-0.2, 0) is 0 Å². The van der Waals surface area contributed by atoms with E-state index < -0.39 is 10.7 Å². The Morgan fingerprint density at radius 1 is 1.18 bits per heavy atom. The van der Waals surface area contributed by atoms with Crippen molar-refractivity contribution in [2.24, 2.45) is 0 Å². The van der Waals surface area contributed by atoms with Crippen molar-refractivity contribution in [2.45, 2.75) is 0 Å². The number of nitrogen functional groups attached to an aromatic ring is 1. The summed E-state index contributed by atoms with van der Waals surface area (Å²) in [5, 5.41) is 10.6. The first-order valence-corrected chi connectivity index (χ1v) is 4.88. The average Bonchev–Trinajstić information content (AvgIpc) is 2.32. The third-order valence-electron chi connectivity index (χ3n) is 2.36. The lowest BCUT2D eigenvalue weighted by Gasteiger charge is -2.04. The van der Waals surface area contributed by atoms with Gasteiger partial charge in [-0.15, -0.1) is 0 Å². The fraction of sp³-hybridized carbons (Fsp3) is 0. The standard InChI is InChI=1S/C12H9FN2O2/c13-12-5-4-9(14)7-11(12)8-2-1-3-10(6-8)15(16)17/h1-7H,14H2. The van der Waals surface area contributed by atoms with E-state index in [0.29, 0.717) is 11.3 Å². The summed E-state index contributed by atoms with van der Waals surface area (Å²) in [6, 6.07) is 9.92. The minimum Gasteiger partial charge on any atom is -0.399 e. The van der Waals surface area contributed by atoms with E-state index in [2.05, 4.69) is 0 Å². The SMILES string of the molecule is Nc1ccc(F)c(-c2cccc([N+](=O)[O-])c2)c1. The molecule has 0 aliphatic heterocycles. The highest BCUT2D eigenvalue weighted by atomic mass is 19.1. The van der Waals surface area contributed by atoms with Gasteiger partial charge in [0.2, 0.25) is 0 Å². The molecule has 2 aromatic rings. The van der Waals surface area contributed by atoms with Crippen LogP contribution in [-0.4, -0.2) is 4.92 Å². The molecule has 0 aromatic heterocycles. The molecule has 0 spiro atoms. The molecule has 0 saturated carbocycles. The summed E-state index contributed by atoms with van der Waals surface area (Å²) in [4.78, 5) is 10.1. The van der Waals surface area contributed by atoms with Gasteiger partial charge in [0.05, 0.1) is 4.92 Å². The highest BCUT2D eigenvalue weighted by molar-refractivity contribution is 5.69. The molecule has 0 atom stereocenters. The molecule has 86 valence electrons. The highest BCUT2D eigenvalue weighted by Crippen LogP contribution is 2.27. The Balaban J connectivity index is 2.56. The van der Waals surface area contributed by atoms with Crippen molar-refractivity contribution in [2.75, 3.05) is 5.73 Å². The number of rotatable bonds is 2. The molecule has 0 fully saturated rings. The molecule has 0 unspecified atom stereocenters. The minimum absolute atomic E-state index is 0.0793. The molecule has 5 heteroatoms. The van der Waals surface area contributed by atoms with E-state index >= 15 is 0 Å². The number of non-ortho nitro benzene ring substituents is 1. The molecule has 0 aliphatic carbocycles. The third kappa shape index (κ3) is 2.23. The maximum Gasteiger partial charge on any atom is 0.270 e. The van der Waals surface area contributed by atoms with Crippen LogP contribution in [0.15, 0.2) is 42.5 Å². The van der Waals surface area contributed by atoms with Crippen molar-refractivity contribution in [3.63, 3.8) is 0 Å². The van der Waals surface area contributed by atoms with E-state index in [-0.39, 0.29) is 11.3 Å². The molecule has 0 amide bonds. The van der Waals surface area contributed by atoms with Crippen molar-refractivity contribution in [1.29, 1.82) is 0 Å². The Hall–Kier alpha value is -2.43. The van der Waals surface area contributed by atoms with Gasteiger partial charge in [-0.1, -0.05) is 12.1 Å². The summed E-state index contributed by atoms with van der Waals surface area (Å²) in [5.74, 6) is -0.459. The lowest BCUT2D eigenvalue weighted by atomic mass is 10.0. The summed E-state index contributed by atoms with van der Waals surface area (Å²) in [7, 11) is 0. The predicted molar refractivity (Wildman–Crippen MR) is 62.9 cm³/mol. The largest absolute Gasteiger partial charge is 0.399 e. The van der Waals surface area contributed by atoms with Gasteiger partial charge in [0.15, 0.2) is 0 Å². The molecule has 17 heavy (non-hydrogen) atoms. The maximum absolute atomic E-state index is 13.6. The molecule has 0 saturated heterocycles. The monoisotopic (exact) mass is 232 g/mol. The van der Waals surface area contributed by atoms with Gasteiger partial charge in [-0.2, -0.15) is 0 Å². The first-order valence-electron chi connectivity index (χ1n) is 4.88. The van der Waals surface area contributed by atoms with Crippen LogP contribution in [0.4, 0.5) is 15.8 Å². The van der Waals surface area contributed by atoms with Crippen LogP contribution in [0.3, 0.4) is 0 Å². The van der Waals surface area contributed by atoms with Crippen LogP contribution in [0, 0.1) is 15.9 Å². The van der Waals surface area contributed by atoms with Crippen LogP contribution < -0.4 is 5.73 Å². The van der Waals surface area contributed by atoms with Gasteiger partial charge < -0.3 is 5.73 Å². The van der Waals surface area contributed by atoms with Gasteiger partial charge in [0.1, 0.15) is 5.82 Å². The second kappa shape index (κ2) is 4.21. The van der Waals surface area contributed by atoms with Crippen LogP contribution in [0.25, 0.3) is 11.1 Å². The van der Waals surface area contributed by atoms with Gasteiger partial charge in [-0.3, -0.25) is 10.1 Å². The van der Waals surface area contributed by atoms with Crippen molar-refractivity contribution in [3.05, 3.63) is 58.4 Å². The number of benzene rings is 2. The van der Waals surface area contributed by atoms with Crippen molar-refractivity contribution in [3.8, 4) is 11.1 Å². The van der Waals surface area contributed by atoms with E-state index in [1.165, 1.54) is 36.4 Å². The second-order valence-electron chi connectivity index (χ2n) is 3.55. The Bertz CT molecular complexity index is 584. The molecule has 0 radical (unpaired) electrons. The number of nitro benzene ring substituents is 1. The van der Waals surface area contributed by atoms with Crippen molar-refractivity contribution >= 4 is 11.4 Å². The average molecular weight is 232 g/mol. The molecule has 2 aromatic carbocycles. The second-order valence-corrected chi connectivity index (χ2v) is 3.55.